The number of fused-ring (bicyclic) bond motifs is 1. The molecule has 2 fully saturated rings. The van der Waals surface area contributed by atoms with Gasteiger partial charge in [0.25, 0.3) is 0 Å². The summed E-state index contributed by atoms with van der Waals surface area (Å²) in [6, 6.07) is 0. The van der Waals surface area contributed by atoms with Crippen molar-refractivity contribution in [3.05, 3.63) is 23.8 Å². The summed E-state index contributed by atoms with van der Waals surface area (Å²) in [5.74, 6) is -0.448. The van der Waals surface area contributed by atoms with E-state index in [1.54, 1.807) is 0 Å². The van der Waals surface area contributed by atoms with Crippen molar-refractivity contribution in [2.24, 2.45) is 22.7 Å². The first-order valence-electron chi connectivity index (χ1n) is 10.7. The molecular formula is C24H38O5. The zero-order chi connectivity index (χ0) is 22.0. The van der Waals surface area contributed by atoms with E-state index in [4.69, 9.17) is 9.47 Å². The van der Waals surface area contributed by atoms with E-state index in [-0.39, 0.29) is 29.2 Å². The highest BCUT2D eigenvalue weighted by Crippen LogP contribution is 2.62. The normalized spacial score (nSPS) is 35.3. The zero-order valence-corrected chi connectivity index (χ0v) is 18.9. The molecule has 5 heteroatoms. The predicted molar refractivity (Wildman–Crippen MR) is 113 cm³/mol. The second kappa shape index (κ2) is 9.03. The minimum Gasteiger partial charge on any atom is -0.465 e. The van der Waals surface area contributed by atoms with Crippen molar-refractivity contribution in [3.8, 4) is 0 Å². The van der Waals surface area contributed by atoms with E-state index in [1.165, 1.54) is 13.8 Å². The van der Waals surface area contributed by atoms with Gasteiger partial charge >= 0.3 is 11.9 Å². The number of allylic oxidation sites excluding steroid dienone is 1. The number of esters is 2. The highest BCUT2D eigenvalue weighted by atomic mass is 16.5. The van der Waals surface area contributed by atoms with Gasteiger partial charge in [-0.05, 0) is 50.9 Å². The van der Waals surface area contributed by atoms with Crippen molar-refractivity contribution >= 4 is 11.9 Å². The van der Waals surface area contributed by atoms with Crippen molar-refractivity contribution in [2.45, 2.75) is 85.9 Å². The molecule has 0 unspecified atom stereocenters. The standard InChI is InChI=1S/C24H38O5/c1-15(2)8-11-22(29-18(5)26)24(7)20-10-9-16(3)19(14-28-17(4)25)23(20,6)13-12-21(24)27/h8,19-22,27H,3,9-14H2,1-2,4-7H3/t19-,20+,21-,22+,23+,24-/m0/s1. The van der Waals surface area contributed by atoms with E-state index >= 15 is 0 Å². The van der Waals surface area contributed by atoms with E-state index in [1.807, 2.05) is 13.8 Å². The van der Waals surface area contributed by atoms with E-state index in [9.17, 15) is 14.7 Å². The number of carbonyl (C=O) groups is 2. The summed E-state index contributed by atoms with van der Waals surface area (Å²) < 4.78 is 11.2. The van der Waals surface area contributed by atoms with Gasteiger partial charge in [-0.1, -0.05) is 37.6 Å². The molecule has 2 rings (SSSR count). The molecule has 2 aliphatic rings. The Bertz CT molecular complexity index is 677. The summed E-state index contributed by atoms with van der Waals surface area (Å²) in [6.45, 7) is 15.8. The molecule has 2 aliphatic carbocycles. The lowest BCUT2D eigenvalue weighted by Gasteiger charge is -2.61. The van der Waals surface area contributed by atoms with E-state index in [2.05, 4.69) is 26.5 Å². The summed E-state index contributed by atoms with van der Waals surface area (Å²) in [7, 11) is 0. The van der Waals surface area contributed by atoms with Crippen LogP contribution < -0.4 is 0 Å². The molecule has 6 atom stereocenters. The number of carbonyl (C=O) groups excluding carboxylic acids is 2. The van der Waals surface area contributed by atoms with Crippen LogP contribution >= 0.6 is 0 Å². The second-order valence-electron chi connectivity index (χ2n) is 9.65. The first kappa shape index (κ1) is 23.7. The molecule has 0 radical (unpaired) electrons. The first-order chi connectivity index (χ1) is 13.4. The molecule has 29 heavy (non-hydrogen) atoms. The molecule has 0 bridgehead atoms. The van der Waals surface area contributed by atoms with Gasteiger partial charge in [0.05, 0.1) is 12.7 Å². The van der Waals surface area contributed by atoms with Crippen LogP contribution in [0.25, 0.3) is 0 Å². The Hall–Kier alpha value is -1.62. The third-order valence-corrected chi connectivity index (χ3v) is 7.46. The Morgan fingerprint density at radius 3 is 2.41 bits per heavy atom. The minimum atomic E-state index is -0.584. The molecule has 164 valence electrons. The van der Waals surface area contributed by atoms with Gasteiger partial charge < -0.3 is 14.6 Å². The van der Waals surface area contributed by atoms with Crippen LogP contribution in [0.15, 0.2) is 23.8 Å². The van der Waals surface area contributed by atoms with Crippen molar-refractivity contribution in [1.29, 1.82) is 0 Å². The number of aliphatic hydroxyl groups is 1. The highest BCUT2D eigenvalue weighted by Gasteiger charge is 2.61. The van der Waals surface area contributed by atoms with Gasteiger partial charge in [-0.15, -0.1) is 0 Å². The topological polar surface area (TPSA) is 72.8 Å². The van der Waals surface area contributed by atoms with Crippen LogP contribution in [0.3, 0.4) is 0 Å². The van der Waals surface area contributed by atoms with Crippen LogP contribution in [0.1, 0.15) is 73.6 Å². The Kier molecular flexibility index (Phi) is 7.37. The Labute approximate surface area is 175 Å². The molecule has 0 saturated heterocycles. The van der Waals surface area contributed by atoms with Crippen LogP contribution in [0.2, 0.25) is 0 Å². The van der Waals surface area contributed by atoms with Crippen molar-refractivity contribution in [2.75, 3.05) is 6.61 Å². The number of aliphatic hydroxyl groups excluding tert-OH is 1. The maximum absolute atomic E-state index is 11.9. The summed E-state index contributed by atoms with van der Waals surface area (Å²) >= 11 is 0. The van der Waals surface area contributed by atoms with Crippen LogP contribution in [0.4, 0.5) is 0 Å². The molecule has 0 amide bonds. The van der Waals surface area contributed by atoms with Gasteiger partial charge in [-0.3, -0.25) is 9.59 Å². The van der Waals surface area contributed by atoms with Gasteiger partial charge in [-0.2, -0.15) is 0 Å². The van der Waals surface area contributed by atoms with Gasteiger partial charge in [0.2, 0.25) is 0 Å². The van der Waals surface area contributed by atoms with E-state index in [0.29, 0.717) is 19.4 Å². The average Bonchev–Trinajstić information content (AvgIpc) is 2.60. The van der Waals surface area contributed by atoms with Gasteiger partial charge in [-0.25, -0.2) is 0 Å². The Morgan fingerprint density at radius 2 is 1.86 bits per heavy atom. The number of hydrogen-bond acceptors (Lipinski definition) is 5. The maximum atomic E-state index is 11.9. The third-order valence-electron chi connectivity index (χ3n) is 7.46. The minimum absolute atomic E-state index is 0.0402. The highest BCUT2D eigenvalue weighted by molar-refractivity contribution is 5.66. The fraction of sp³-hybridized carbons (Fsp3) is 0.750. The largest absolute Gasteiger partial charge is 0.465 e. The predicted octanol–water partition coefficient (Wildman–Crippen LogP) is 4.59. The van der Waals surface area contributed by atoms with Crippen molar-refractivity contribution in [3.63, 3.8) is 0 Å². The summed E-state index contributed by atoms with van der Waals surface area (Å²) in [5.41, 5.74) is 1.50. The van der Waals surface area contributed by atoms with Crippen LogP contribution in [0, 0.1) is 22.7 Å². The smallest absolute Gasteiger partial charge is 0.302 e. The summed E-state index contributed by atoms with van der Waals surface area (Å²) in [5, 5.41) is 11.2. The molecule has 5 nitrogen and oxygen atoms in total. The van der Waals surface area contributed by atoms with Crippen molar-refractivity contribution < 1.29 is 24.2 Å². The van der Waals surface area contributed by atoms with Gasteiger partial charge in [0.1, 0.15) is 6.10 Å². The number of ether oxygens (including phenoxy) is 2. The first-order valence-corrected chi connectivity index (χ1v) is 10.7. The van der Waals surface area contributed by atoms with Crippen LogP contribution in [-0.2, 0) is 19.1 Å². The zero-order valence-electron chi connectivity index (χ0n) is 18.9. The Morgan fingerprint density at radius 1 is 1.21 bits per heavy atom. The fourth-order valence-electron chi connectivity index (χ4n) is 5.82. The quantitative estimate of drug-likeness (QED) is 0.516. The molecule has 0 spiro atoms. The number of hydrogen-bond donors (Lipinski definition) is 1. The van der Waals surface area contributed by atoms with E-state index < -0.39 is 17.6 Å². The molecule has 1 N–H and O–H groups in total. The van der Waals surface area contributed by atoms with Crippen LogP contribution in [-0.4, -0.2) is 35.9 Å². The molecule has 0 aromatic rings. The monoisotopic (exact) mass is 406 g/mol. The van der Waals surface area contributed by atoms with Gasteiger partial charge in [0.15, 0.2) is 0 Å². The number of rotatable bonds is 6. The maximum Gasteiger partial charge on any atom is 0.302 e. The second-order valence-corrected chi connectivity index (χ2v) is 9.65. The lowest BCUT2D eigenvalue weighted by Crippen LogP contribution is -2.61. The summed E-state index contributed by atoms with van der Waals surface area (Å²) in [4.78, 5) is 23.4. The molecule has 0 aromatic carbocycles. The lowest BCUT2D eigenvalue weighted by molar-refractivity contribution is -0.201. The van der Waals surface area contributed by atoms with Crippen molar-refractivity contribution in [1.82, 2.24) is 0 Å². The molecule has 0 heterocycles. The van der Waals surface area contributed by atoms with E-state index in [0.717, 1.165) is 30.4 Å². The third kappa shape index (κ3) is 4.76. The summed E-state index contributed by atoms with van der Waals surface area (Å²) in [6.07, 6.45) is 4.85. The SMILES string of the molecule is C=C1CC[C@@H]2[C@](C)(CC[C@H](O)[C@@]2(C)[C@@H](CC=C(C)C)OC(C)=O)[C@H]1COC(C)=O. The molecule has 0 aliphatic heterocycles. The molecular weight excluding hydrogens is 368 g/mol. The molecule has 0 aromatic heterocycles. The average molecular weight is 407 g/mol. The Balaban J connectivity index is 2.46. The van der Waals surface area contributed by atoms with Crippen LogP contribution in [0.5, 0.6) is 0 Å². The fourth-order valence-corrected chi connectivity index (χ4v) is 5.82. The molecule has 2 saturated carbocycles. The van der Waals surface area contributed by atoms with Gasteiger partial charge in [0, 0.05) is 31.6 Å². The lowest BCUT2D eigenvalue weighted by atomic mass is 9.45.